The smallest absolute Gasteiger partial charge is 0.138 e. The second-order valence-electron chi connectivity index (χ2n) is 3.58. The van der Waals surface area contributed by atoms with Crippen LogP contribution in [0.1, 0.15) is 11.1 Å². The van der Waals surface area contributed by atoms with Crippen molar-refractivity contribution in [2.45, 2.75) is 13.2 Å². The maximum absolute atomic E-state index is 11.7. The minimum absolute atomic E-state index is 0.163. The molecule has 0 saturated heterocycles. The van der Waals surface area contributed by atoms with Gasteiger partial charge in [-0.15, -0.1) is 0 Å². The highest BCUT2D eigenvalue weighted by atomic mass is 16.5. The highest BCUT2D eigenvalue weighted by Gasteiger charge is 2.15. The number of aliphatic hydroxyl groups excluding tert-OH is 2. The molecule has 0 radical (unpaired) electrons. The van der Waals surface area contributed by atoms with E-state index in [0.717, 1.165) is 0 Å². The molecule has 0 fully saturated rings. The zero-order valence-corrected chi connectivity index (χ0v) is 8.40. The Bertz CT molecular complexity index is 318. The van der Waals surface area contributed by atoms with Crippen LogP contribution in [-0.4, -0.2) is 24.3 Å². The van der Waals surface area contributed by atoms with E-state index in [-0.39, 0.29) is 13.2 Å². The Morgan fingerprint density at radius 1 is 1.21 bits per heavy atom. The van der Waals surface area contributed by atoms with Crippen molar-refractivity contribution in [3.63, 3.8) is 0 Å². The zero-order chi connectivity index (χ0) is 10.8. The molecule has 0 bridgehead atoms. The van der Waals surface area contributed by atoms with Crippen LogP contribution >= 0.6 is 0 Å². The number of quaternary nitrogens is 1. The Hall–Kier alpha value is -0.940. The summed E-state index contributed by atoms with van der Waals surface area (Å²) in [6.45, 7) is -0.389. The average molecular weight is 197 g/mol. The molecule has 0 spiro atoms. The second kappa shape index (κ2) is 4.06. The molecule has 0 unspecified atom stereocenters. The Morgan fingerprint density at radius 3 is 2.29 bits per heavy atom. The van der Waals surface area contributed by atoms with Crippen LogP contribution in [0.15, 0.2) is 18.2 Å². The van der Waals surface area contributed by atoms with E-state index in [2.05, 4.69) is 0 Å². The molecule has 0 heterocycles. The number of hydroxylamine groups is 2. The van der Waals surface area contributed by atoms with Gasteiger partial charge in [-0.05, 0) is 11.6 Å². The molecule has 1 aromatic carbocycles. The van der Waals surface area contributed by atoms with Crippen molar-refractivity contribution in [1.29, 1.82) is 0 Å². The van der Waals surface area contributed by atoms with Gasteiger partial charge in [-0.25, -0.2) is 0 Å². The van der Waals surface area contributed by atoms with Gasteiger partial charge in [0, 0.05) is 5.56 Å². The van der Waals surface area contributed by atoms with Crippen molar-refractivity contribution >= 4 is 5.69 Å². The third-order valence-electron chi connectivity index (χ3n) is 2.16. The molecule has 4 heteroatoms. The van der Waals surface area contributed by atoms with Crippen molar-refractivity contribution in [3.05, 3.63) is 34.5 Å². The monoisotopic (exact) mass is 197 g/mol. The summed E-state index contributed by atoms with van der Waals surface area (Å²) < 4.78 is -0.607. The molecule has 0 saturated carbocycles. The predicted octanol–water partition coefficient (Wildman–Crippen LogP) is 0.736. The Labute approximate surface area is 83.2 Å². The maximum atomic E-state index is 11.7. The van der Waals surface area contributed by atoms with Crippen molar-refractivity contribution in [2.24, 2.45) is 0 Å². The van der Waals surface area contributed by atoms with Crippen LogP contribution in [0.25, 0.3) is 0 Å². The topological polar surface area (TPSA) is 63.5 Å². The van der Waals surface area contributed by atoms with E-state index in [4.69, 9.17) is 10.2 Å². The van der Waals surface area contributed by atoms with Crippen molar-refractivity contribution in [3.8, 4) is 0 Å². The van der Waals surface area contributed by atoms with Gasteiger partial charge in [0.25, 0.3) is 0 Å². The molecule has 0 atom stereocenters. The number of nitrogens with zero attached hydrogens (tertiary/aromatic N) is 1. The van der Waals surface area contributed by atoms with Gasteiger partial charge in [-0.1, -0.05) is 12.1 Å². The number of aliphatic hydroxyl groups is 2. The van der Waals surface area contributed by atoms with Crippen LogP contribution in [-0.2, 0) is 13.2 Å². The van der Waals surface area contributed by atoms with Crippen LogP contribution < -0.4 is 4.65 Å². The first-order valence-corrected chi connectivity index (χ1v) is 4.38. The van der Waals surface area contributed by atoms with Gasteiger partial charge in [0.2, 0.25) is 0 Å². The normalized spacial score (nSPS) is 11.8. The van der Waals surface area contributed by atoms with E-state index in [9.17, 15) is 5.21 Å². The fourth-order valence-electron chi connectivity index (χ4n) is 1.46. The van der Waals surface area contributed by atoms with Gasteiger partial charge in [-0.2, -0.15) is 0 Å². The SMILES string of the molecule is C[N+](C)([O-])c1cccc(CO)c1CO. The molecule has 2 N–H and O–H groups in total. The van der Waals surface area contributed by atoms with Crippen LogP contribution in [0.2, 0.25) is 0 Å². The molecule has 0 aliphatic rings. The first kappa shape index (κ1) is 11.1. The summed E-state index contributed by atoms with van der Waals surface area (Å²) >= 11 is 0. The number of benzene rings is 1. The highest BCUT2D eigenvalue weighted by molar-refractivity contribution is 5.53. The van der Waals surface area contributed by atoms with Gasteiger partial charge < -0.3 is 20.1 Å². The largest absolute Gasteiger partial charge is 0.628 e. The molecule has 1 aromatic rings. The van der Waals surface area contributed by atoms with Gasteiger partial charge in [-0.3, -0.25) is 0 Å². The molecule has 0 aliphatic carbocycles. The molecular formula is C10H15NO3. The lowest BCUT2D eigenvalue weighted by Crippen LogP contribution is -2.33. The lowest BCUT2D eigenvalue weighted by molar-refractivity contribution is 0.258. The number of hydrogen-bond acceptors (Lipinski definition) is 3. The summed E-state index contributed by atoms with van der Waals surface area (Å²) in [4.78, 5) is 0. The van der Waals surface area contributed by atoms with E-state index in [1.54, 1.807) is 18.2 Å². The summed E-state index contributed by atoms with van der Waals surface area (Å²) in [7, 11) is 2.96. The van der Waals surface area contributed by atoms with Crippen molar-refractivity contribution in [1.82, 2.24) is 4.65 Å². The summed E-state index contributed by atoms with van der Waals surface area (Å²) in [6.07, 6.45) is 0. The second-order valence-corrected chi connectivity index (χ2v) is 3.58. The summed E-state index contributed by atoms with van der Waals surface area (Å²) in [5.41, 5.74) is 1.61. The first-order valence-electron chi connectivity index (χ1n) is 4.38. The van der Waals surface area contributed by atoms with E-state index in [1.807, 2.05) is 0 Å². The third-order valence-corrected chi connectivity index (χ3v) is 2.16. The van der Waals surface area contributed by atoms with Crippen LogP contribution in [0.4, 0.5) is 5.69 Å². The lowest BCUT2D eigenvalue weighted by Gasteiger charge is -2.35. The van der Waals surface area contributed by atoms with E-state index < -0.39 is 4.65 Å². The van der Waals surface area contributed by atoms with E-state index in [0.29, 0.717) is 16.8 Å². The minimum Gasteiger partial charge on any atom is -0.628 e. The molecular weight excluding hydrogens is 182 g/mol. The fraction of sp³-hybridized carbons (Fsp3) is 0.400. The number of rotatable bonds is 3. The first-order chi connectivity index (χ1) is 6.50. The molecule has 0 amide bonds. The van der Waals surface area contributed by atoms with Crippen LogP contribution in [0.3, 0.4) is 0 Å². The van der Waals surface area contributed by atoms with E-state index in [1.165, 1.54) is 14.1 Å². The molecule has 14 heavy (non-hydrogen) atoms. The predicted molar refractivity (Wildman–Crippen MR) is 55.3 cm³/mol. The van der Waals surface area contributed by atoms with Crippen LogP contribution in [0.5, 0.6) is 0 Å². The Balaban J connectivity index is 3.29. The van der Waals surface area contributed by atoms with E-state index >= 15 is 0 Å². The molecule has 0 aromatic heterocycles. The quantitative estimate of drug-likeness (QED) is 0.554. The zero-order valence-electron chi connectivity index (χ0n) is 8.40. The highest BCUT2D eigenvalue weighted by Crippen LogP contribution is 2.26. The minimum atomic E-state index is -0.607. The standard InChI is InChI=1S/C10H15NO3/c1-11(2,14)10-5-3-4-8(6-12)9(10)7-13/h3-5,12-13H,6-7H2,1-2H3. The van der Waals surface area contributed by atoms with Gasteiger partial charge in [0.1, 0.15) is 5.69 Å². The third kappa shape index (κ3) is 2.10. The van der Waals surface area contributed by atoms with Crippen LogP contribution in [0, 0.1) is 5.21 Å². The van der Waals surface area contributed by atoms with Crippen molar-refractivity contribution < 1.29 is 10.2 Å². The average Bonchev–Trinajstić information content (AvgIpc) is 2.15. The number of hydrogen-bond donors (Lipinski definition) is 2. The summed E-state index contributed by atoms with van der Waals surface area (Å²) in [5, 5.41) is 29.9. The Morgan fingerprint density at radius 2 is 1.86 bits per heavy atom. The van der Waals surface area contributed by atoms with Gasteiger partial charge in [0.15, 0.2) is 0 Å². The molecule has 78 valence electrons. The van der Waals surface area contributed by atoms with Gasteiger partial charge in [0.05, 0.1) is 27.3 Å². The molecule has 1 rings (SSSR count). The van der Waals surface area contributed by atoms with Crippen molar-refractivity contribution in [2.75, 3.05) is 14.1 Å². The molecule has 0 aliphatic heterocycles. The fourth-order valence-corrected chi connectivity index (χ4v) is 1.46. The lowest BCUT2D eigenvalue weighted by atomic mass is 10.1. The maximum Gasteiger partial charge on any atom is 0.138 e. The van der Waals surface area contributed by atoms with Gasteiger partial charge >= 0.3 is 0 Å². The Kier molecular flexibility index (Phi) is 3.23. The summed E-state index contributed by atoms with van der Waals surface area (Å²) in [5.74, 6) is 0. The molecule has 4 nitrogen and oxygen atoms in total. The summed E-state index contributed by atoms with van der Waals surface area (Å²) in [6, 6.07) is 5.07.